The highest BCUT2D eigenvalue weighted by Crippen LogP contribution is 2.30. The Balaban J connectivity index is 1.92. The molecule has 1 aliphatic rings. The van der Waals surface area contributed by atoms with Gasteiger partial charge in [0.1, 0.15) is 4.21 Å². The predicted octanol–water partition coefficient (Wildman–Crippen LogP) is 1.53. The SMILES string of the molecule is Nc1nc2c(s1)CN(S(=O)(=O)c1cccs1)CC2. The molecule has 0 spiro atoms. The fourth-order valence-corrected chi connectivity index (χ4v) is 5.46. The maximum Gasteiger partial charge on any atom is 0.252 e. The van der Waals surface area contributed by atoms with Crippen LogP contribution in [-0.4, -0.2) is 24.3 Å². The van der Waals surface area contributed by atoms with Crippen molar-refractivity contribution in [3.8, 4) is 0 Å². The van der Waals surface area contributed by atoms with Gasteiger partial charge in [0, 0.05) is 17.8 Å². The van der Waals surface area contributed by atoms with E-state index in [2.05, 4.69) is 4.98 Å². The first kappa shape index (κ1) is 12.1. The number of thiophene rings is 1. The van der Waals surface area contributed by atoms with Crippen molar-refractivity contribution < 1.29 is 8.42 Å². The van der Waals surface area contributed by atoms with E-state index in [1.807, 2.05) is 0 Å². The third-order valence-corrected chi connectivity index (χ3v) is 6.93. The van der Waals surface area contributed by atoms with Crippen LogP contribution in [0.1, 0.15) is 10.6 Å². The van der Waals surface area contributed by atoms with Crippen LogP contribution < -0.4 is 5.73 Å². The number of anilines is 1. The van der Waals surface area contributed by atoms with E-state index >= 15 is 0 Å². The van der Waals surface area contributed by atoms with Crippen LogP contribution in [0.4, 0.5) is 5.13 Å². The Morgan fingerprint density at radius 1 is 1.44 bits per heavy atom. The summed E-state index contributed by atoms with van der Waals surface area (Å²) in [5.74, 6) is 0. The van der Waals surface area contributed by atoms with Crippen LogP contribution in [-0.2, 0) is 23.0 Å². The zero-order chi connectivity index (χ0) is 12.8. The normalized spacial score (nSPS) is 16.7. The summed E-state index contributed by atoms with van der Waals surface area (Å²) in [6.45, 7) is 0.848. The monoisotopic (exact) mass is 301 g/mol. The Hall–Kier alpha value is -0.960. The summed E-state index contributed by atoms with van der Waals surface area (Å²) in [4.78, 5) is 5.17. The van der Waals surface area contributed by atoms with Gasteiger partial charge in [-0.1, -0.05) is 6.07 Å². The first-order chi connectivity index (χ1) is 8.57. The van der Waals surface area contributed by atoms with E-state index in [4.69, 9.17) is 5.73 Å². The fourth-order valence-electron chi connectivity index (χ4n) is 1.93. The smallest absolute Gasteiger partial charge is 0.252 e. The zero-order valence-corrected chi connectivity index (χ0v) is 11.8. The highest BCUT2D eigenvalue weighted by molar-refractivity contribution is 7.91. The topological polar surface area (TPSA) is 76.3 Å². The summed E-state index contributed by atoms with van der Waals surface area (Å²) in [6, 6.07) is 3.38. The van der Waals surface area contributed by atoms with Gasteiger partial charge in [-0.25, -0.2) is 13.4 Å². The molecule has 8 heteroatoms. The maximum absolute atomic E-state index is 12.4. The van der Waals surface area contributed by atoms with E-state index in [1.54, 1.807) is 17.5 Å². The number of aromatic nitrogens is 1. The van der Waals surface area contributed by atoms with Crippen LogP contribution in [0, 0.1) is 0 Å². The largest absolute Gasteiger partial charge is 0.375 e. The highest BCUT2D eigenvalue weighted by atomic mass is 32.2. The molecule has 96 valence electrons. The van der Waals surface area contributed by atoms with Crippen molar-refractivity contribution in [2.45, 2.75) is 17.2 Å². The van der Waals surface area contributed by atoms with Gasteiger partial charge in [-0.15, -0.1) is 22.7 Å². The van der Waals surface area contributed by atoms with Gasteiger partial charge in [-0.3, -0.25) is 0 Å². The molecule has 3 heterocycles. The zero-order valence-electron chi connectivity index (χ0n) is 9.37. The second kappa shape index (κ2) is 4.30. The maximum atomic E-state index is 12.4. The quantitative estimate of drug-likeness (QED) is 0.912. The summed E-state index contributed by atoms with van der Waals surface area (Å²) in [7, 11) is -3.36. The Kier molecular flexibility index (Phi) is 2.89. The van der Waals surface area contributed by atoms with Gasteiger partial charge in [-0.2, -0.15) is 4.31 Å². The Bertz CT molecular complexity index is 661. The van der Waals surface area contributed by atoms with Crippen molar-refractivity contribution in [1.29, 1.82) is 0 Å². The van der Waals surface area contributed by atoms with Crippen molar-refractivity contribution in [3.05, 3.63) is 28.1 Å². The number of nitrogen functional groups attached to an aromatic ring is 1. The molecule has 2 aromatic rings. The number of fused-ring (bicyclic) bond motifs is 1. The van der Waals surface area contributed by atoms with Gasteiger partial charge in [0.05, 0.1) is 12.2 Å². The lowest BCUT2D eigenvalue weighted by Crippen LogP contribution is -2.35. The molecule has 0 radical (unpaired) electrons. The van der Waals surface area contributed by atoms with E-state index in [0.717, 1.165) is 10.6 Å². The molecule has 0 saturated carbocycles. The summed E-state index contributed by atoms with van der Waals surface area (Å²) in [5, 5.41) is 2.28. The molecule has 0 amide bonds. The second-order valence-electron chi connectivity index (χ2n) is 3.94. The minimum Gasteiger partial charge on any atom is -0.375 e. The fraction of sp³-hybridized carbons (Fsp3) is 0.300. The van der Waals surface area contributed by atoms with E-state index in [9.17, 15) is 8.42 Å². The van der Waals surface area contributed by atoms with E-state index in [0.29, 0.717) is 28.9 Å². The number of nitrogens with zero attached hydrogens (tertiary/aromatic N) is 2. The summed E-state index contributed by atoms with van der Waals surface area (Å²) in [6.07, 6.45) is 0.633. The van der Waals surface area contributed by atoms with Crippen molar-refractivity contribution in [3.63, 3.8) is 0 Å². The van der Waals surface area contributed by atoms with Gasteiger partial charge >= 0.3 is 0 Å². The van der Waals surface area contributed by atoms with Gasteiger partial charge < -0.3 is 5.73 Å². The molecule has 0 saturated heterocycles. The lowest BCUT2D eigenvalue weighted by atomic mass is 10.2. The molecular formula is C10H11N3O2S3. The van der Waals surface area contributed by atoms with Crippen LogP contribution in [0.2, 0.25) is 0 Å². The van der Waals surface area contributed by atoms with Gasteiger partial charge in [0.25, 0.3) is 10.0 Å². The standard InChI is InChI=1S/C10H11N3O2S3/c11-10-12-7-3-4-13(6-8(7)17-10)18(14,15)9-2-1-5-16-9/h1-2,5H,3-4,6H2,(H2,11,12). The molecule has 5 nitrogen and oxygen atoms in total. The molecule has 0 aromatic carbocycles. The van der Waals surface area contributed by atoms with Gasteiger partial charge in [-0.05, 0) is 11.4 Å². The van der Waals surface area contributed by atoms with Crippen LogP contribution in [0.15, 0.2) is 21.7 Å². The predicted molar refractivity (Wildman–Crippen MR) is 72.1 cm³/mol. The van der Waals surface area contributed by atoms with E-state index in [-0.39, 0.29) is 0 Å². The third kappa shape index (κ3) is 1.95. The van der Waals surface area contributed by atoms with Gasteiger partial charge in [0.2, 0.25) is 0 Å². The van der Waals surface area contributed by atoms with Crippen LogP contribution in [0.25, 0.3) is 0 Å². The molecule has 1 aliphatic heterocycles. The van der Waals surface area contributed by atoms with Crippen LogP contribution in [0.3, 0.4) is 0 Å². The third-order valence-electron chi connectivity index (χ3n) is 2.80. The summed E-state index contributed by atoms with van der Waals surface area (Å²) in [5.41, 5.74) is 6.59. The molecule has 0 unspecified atom stereocenters. The van der Waals surface area contributed by atoms with E-state index < -0.39 is 10.0 Å². The minimum atomic E-state index is -3.36. The Morgan fingerprint density at radius 2 is 2.28 bits per heavy atom. The minimum absolute atomic E-state index is 0.379. The van der Waals surface area contributed by atoms with E-state index in [1.165, 1.54) is 27.0 Å². The Labute approximate surface area is 113 Å². The molecule has 3 rings (SSSR count). The van der Waals surface area contributed by atoms with Crippen molar-refractivity contribution in [2.24, 2.45) is 0 Å². The average molecular weight is 301 g/mol. The number of nitrogens with two attached hydrogens (primary N) is 1. The lowest BCUT2D eigenvalue weighted by molar-refractivity contribution is 0.394. The molecule has 0 atom stereocenters. The van der Waals surface area contributed by atoms with Gasteiger partial charge in [0.15, 0.2) is 5.13 Å². The van der Waals surface area contributed by atoms with Crippen LogP contribution >= 0.6 is 22.7 Å². The molecule has 0 bridgehead atoms. The molecule has 18 heavy (non-hydrogen) atoms. The van der Waals surface area contributed by atoms with Crippen LogP contribution in [0.5, 0.6) is 0 Å². The van der Waals surface area contributed by atoms with Crippen molar-refractivity contribution >= 4 is 37.8 Å². The number of hydrogen-bond donors (Lipinski definition) is 1. The summed E-state index contributed by atoms with van der Waals surface area (Å²) < 4.78 is 26.6. The Morgan fingerprint density at radius 3 is 3.00 bits per heavy atom. The number of rotatable bonds is 2. The first-order valence-electron chi connectivity index (χ1n) is 5.35. The average Bonchev–Trinajstić information content (AvgIpc) is 2.95. The van der Waals surface area contributed by atoms with Crippen molar-refractivity contribution in [2.75, 3.05) is 12.3 Å². The molecular weight excluding hydrogens is 290 g/mol. The summed E-state index contributed by atoms with van der Waals surface area (Å²) >= 11 is 2.61. The number of hydrogen-bond acceptors (Lipinski definition) is 6. The second-order valence-corrected chi connectivity index (χ2v) is 8.17. The molecule has 2 aromatic heterocycles. The number of thiazole rings is 1. The molecule has 0 aliphatic carbocycles. The number of sulfonamides is 1. The first-order valence-corrected chi connectivity index (χ1v) is 8.49. The molecule has 2 N–H and O–H groups in total. The van der Waals surface area contributed by atoms with Crippen molar-refractivity contribution in [1.82, 2.24) is 9.29 Å². The molecule has 0 fully saturated rings. The highest BCUT2D eigenvalue weighted by Gasteiger charge is 2.30. The lowest BCUT2D eigenvalue weighted by Gasteiger charge is -2.24.